The summed E-state index contributed by atoms with van der Waals surface area (Å²) in [5, 5.41) is 0. The summed E-state index contributed by atoms with van der Waals surface area (Å²) in [5.41, 5.74) is 7.30. The molecule has 1 unspecified atom stereocenters. The van der Waals surface area contributed by atoms with Crippen molar-refractivity contribution >= 4 is 22.6 Å². The normalized spacial score (nSPS) is 21.5. The maximum absolute atomic E-state index is 5.91. The Kier molecular flexibility index (Phi) is 3.99. The highest BCUT2D eigenvalue weighted by Gasteiger charge is 2.22. The summed E-state index contributed by atoms with van der Waals surface area (Å²) >= 11 is 2.52. The maximum Gasteiger partial charge on any atom is 0.0874 e. The molecular formula is C12H17IN2. The molecule has 1 aliphatic heterocycles. The van der Waals surface area contributed by atoms with Crippen molar-refractivity contribution in [2.45, 2.75) is 22.9 Å². The second-order valence-electron chi connectivity index (χ2n) is 4.12. The second-order valence-corrected chi connectivity index (χ2v) is 5.30. The molecular weight excluding hydrogens is 299 g/mol. The fourth-order valence-corrected chi connectivity index (χ4v) is 2.94. The Morgan fingerprint density at radius 1 is 1.20 bits per heavy atom. The van der Waals surface area contributed by atoms with Gasteiger partial charge < -0.3 is 5.73 Å². The summed E-state index contributed by atoms with van der Waals surface area (Å²) in [6.45, 7) is 2.26. The molecule has 1 aliphatic rings. The van der Waals surface area contributed by atoms with E-state index in [2.05, 4.69) is 57.8 Å². The van der Waals surface area contributed by atoms with Crippen molar-refractivity contribution < 1.29 is 0 Å². The van der Waals surface area contributed by atoms with Gasteiger partial charge in [0, 0.05) is 19.1 Å². The van der Waals surface area contributed by atoms with Crippen LogP contribution in [0.4, 0.5) is 0 Å². The minimum atomic E-state index is 0.417. The van der Waals surface area contributed by atoms with E-state index in [1.165, 1.54) is 5.56 Å². The van der Waals surface area contributed by atoms with Crippen LogP contribution >= 0.6 is 22.6 Å². The standard InChI is InChI=1S/C12H17IN2/c13-12(10-4-2-1-3-5-10)15-8-6-11(14)7-9-15/h1-5,11-12H,6-9,14H2. The van der Waals surface area contributed by atoms with Gasteiger partial charge in [0.1, 0.15) is 0 Å². The Morgan fingerprint density at radius 2 is 1.80 bits per heavy atom. The molecule has 1 aromatic carbocycles. The van der Waals surface area contributed by atoms with Gasteiger partial charge in [-0.25, -0.2) is 0 Å². The Morgan fingerprint density at radius 3 is 2.40 bits per heavy atom. The summed E-state index contributed by atoms with van der Waals surface area (Å²) in [7, 11) is 0. The van der Waals surface area contributed by atoms with E-state index in [4.69, 9.17) is 5.73 Å². The summed E-state index contributed by atoms with van der Waals surface area (Å²) in [5.74, 6) is 0. The molecule has 1 heterocycles. The van der Waals surface area contributed by atoms with Gasteiger partial charge in [0.2, 0.25) is 0 Å². The lowest BCUT2D eigenvalue weighted by Crippen LogP contribution is -2.40. The number of likely N-dealkylation sites (tertiary alicyclic amines) is 1. The molecule has 0 bridgehead atoms. The van der Waals surface area contributed by atoms with Crippen LogP contribution in [0.2, 0.25) is 0 Å². The first-order valence-corrected chi connectivity index (χ1v) is 6.70. The van der Waals surface area contributed by atoms with Crippen molar-refractivity contribution in [2.75, 3.05) is 13.1 Å². The van der Waals surface area contributed by atoms with Crippen LogP contribution in [0.25, 0.3) is 0 Å². The van der Waals surface area contributed by atoms with Crippen molar-refractivity contribution in [1.82, 2.24) is 4.90 Å². The smallest absolute Gasteiger partial charge is 0.0874 e. The third kappa shape index (κ3) is 2.92. The lowest BCUT2D eigenvalue weighted by molar-refractivity contribution is 0.208. The van der Waals surface area contributed by atoms with Gasteiger partial charge in [0.15, 0.2) is 0 Å². The van der Waals surface area contributed by atoms with Crippen molar-refractivity contribution in [3.63, 3.8) is 0 Å². The van der Waals surface area contributed by atoms with Crippen molar-refractivity contribution in [1.29, 1.82) is 0 Å². The fourth-order valence-electron chi connectivity index (χ4n) is 1.97. The molecule has 1 saturated heterocycles. The Labute approximate surface area is 105 Å². The number of rotatable bonds is 2. The predicted molar refractivity (Wildman–Crippen MR) is 72.0 cm³/mol. The highest BCUT2D eigenvalue weighted by molar-refractivity contribution is 14.1. The number of hydrogen-bond donors (Lipinski definition) is 1. The number of nitrogens with two attached hydrogens (primary N) is 1. The quantitative estimate of drug-likeness (QED) is 0.516. The third-order valence-corrected chi connectivity index (χ3v) is 4.48. The molecule has 0 aliphatic carbocycles. The summed E-state index contributed by atoms with van der Waals surface area (Å²) in [6, 6.07) is 11.1. The molecule has 2 rings (SSSR count). The zero-order valence-electron chi connectivity index (χ0n) is 8.77. The van der Waals surface area contributed by atoms with Crippen molar-refractivity contribution in [2.24, 2.45) is 5.73 Å². The molecule has 1 atom stereocenters. The average molecular weight is 316 g/mol. The minimum absolute atomic E-state index is 0.417. The highest BCUT2D eigenvalue weighted by atomic mass is 127. The van der Waals surface area contributed by atoms with E-state index in [9.17, 15) is 0 Å². The molecule has 0 radical (unpaired) electrons. The van der Waals surface area contributed by atoms with Crippen LogP contribution in [-0.4, -0.2) is 24.0 Å². The molecule has 2 nitrogen and oxygen atoms in total. The molecule has 82 valence electrons. The molecule has 0 spiro atoms. The largest absolute Gasteiger partial charge is 0.328 e. The summed E-state index contributed by atoms with van der Waals surface area (Å²) < 4.78 is 0.497. The van der Waals surface area contributed by atoms with Gasteiger partial charge in [-0.1, -0.05) is 52.9 Å². The first-order chi connectivity index (χ1) is 7.27. The van der Waals surface area contributed by atoms with E-state index in [0.717, 1.165) is 25.9 Å². The van der Waals surface area contributed by atoms with Crippen LogP contribution in [-0.2, 0) is 0 Å². The number of alkyl halides is 1. The van der Waals surface area contributed by atoms with Crippen LogP contribution in [0.15, 0.2) is 30.3 Å². The van der Waals surface area contributed by atoms with E-state index < -0.39 is 0 Å². The molecule has 0 saturated carbocycles. The van der Waals surface area contributed by atoms with Crippen LogP contribution < -0.4 is 5.73 Å². The van der Waals surface area contributed by atoms with E-state index in [0.29, 0.717) is 10.1 Å². The van der Waals surface area contributed by atoms with E-state index in [1.807, 2.05) is 0 Å². The average Bonchev–Trinajstić information content (AvgIpc) is 2.30. The number of piperidine rings is 1. The third-order valence-electron chi connectivity index (χ3n) is 2.97. The predicted octanol–water partition coefficient (Wildman–Crippen LogP) is 2.54. The van der Waals surface area contributed by atoms with Crippen LogP contribution in [0.1, 0.15) is 22.5 Å². The van der Waals surface area contributed by atoms with Crippen LogP contribution in [0.5, 0.6) is 0 Å². The van der Waals surface area contributed by atoms with Gasteiger partial charge >= 0.3 is 0 Å². The van der Waals surface area contributed by atoms with Crippen LogP contribution in [0, 0.1) is 0 Å². The molecule has 0 aromatic heterocycles. The number of hydrogen-bond acceptors (Lipinski definition) is 2. The van der Waals surface area contributed by atoms with Crippen molar-refractivity contribution in [3.05, 3.63) is 35.9 Å². The zero-order valence-corrected chi connectivity index (χ0v) is 10.9. The molecule has 3 heteroatoms. The Balaban J connectivity index is 1.99. The van der Waals surface area contributed by atoms with E-state index in [1.54, 1.807) is 0 Å². The number of benzene rings is 1. The molecule has 1 fully saturated rings. The maximum atomic E-state index is 5.91. The molecule has 1 aromatic rings. The van der Waals surface area contributed by atoms with Crippen molar-refractivity contribution in [3.8, 4) is 0 Å². The van der Waals surface area contributed by atoms with E-state index in [-0.39, 0.29) is 0 Å². The zero-order chi connectivity index (χ0) is 10.7. The highest BCUT2D eigenvalue weighted by Crippen LogP contribution is 2.29. The first-order valence-electron chi connectivity index (χ1n) is 5.46. The van der Waals surface area contributed by atoms with Gasteiger partial charge in [-0.05, 0) is 18.4 Å². The molecule has 15 heavy (non-hydrogen) atoms. The Bertz CT molecular complexity index is 294. The first kappa shape index (κ1) is 11.4. The van der Waals surface area contributed by atoms with Crippen LogP contribution in [0.3, 0.4) is 0 Å². The number of nitrogens with zero attached hydrogens (tertiary/aromatic N) is 1. The number of halogens is 1. The summed E-state index contributed by atoms with van der Waals surface area (Å²) in [6.07, 6.45) is 2.26. The van der Waals surface area contributed by atoms with Gasteiger partial charge in [0.25, 0.3) is 0 Å². The lowest BCUT2D eigenvalue weighted by atomic mass is 10.1. The second kappa shape index (κ2) is 5.27. The molecule has 0 amide bonds. The van der Waals surface area contributed by atoms with Gasteiger partial charge in [-0.3, -0.25) is 4.90 Å². The topological polar surface area (TPSA) is 29.3 Å². The molecule has 2 N–H and O–H groups in total. The van der Waals surface area contributed by atoms with E-state index >= 15 is 0 Å². The Hall–Kier alpha value is -0.130. The summed E-state index contributed by atoms with van der Waals surface area (Å²) in [4.78, 5) is 2.51. The SMILES string of the molecule is NC1CCN(C(I)c2ccccc2)CC1. The van der Waals surface area contributed by atoms with Gasteiger partial charge in [-0.15, -0.1) is 0 Å². The monoisotopic (exact) mass is 316 g/mol. The minimum Gasteiger partial charge on any atom is -0.328 e. The van der Waals surface area contributed by atoms with Gasteiger partial charge in [0.05, 0.1) is 4.05 Å². The fraction of sp³-hybridized carbons (Fsp3) is 0.500. The van der Waals surface area contributed by atoms with Gasteiger partial charge in [-0.2, -0.15) is 0 Å². The lowest BCUT2D eigenvalue weighted by Gasteiger charge is -2.33.